The maximum absolute atomic E-state index is 12.1. The van der Waals surface area contributed by atoms with Crippen molar-refractivity contribution in [2.45, 2.75) is 81.6 Å². The first-order chi connectivity index (χ1) is 13.4. The molecule has 0 amide bonds. The van der Waals surface area contributed by atoms with Crippen LogP contribution in [0.4, 0.5) is 0 Å². The first-order valence-corrected chi connectivity index (χ1v) is 11.1. The highest BCUT2D eigenvalue weighted by Gasteiger charge is 2.71. The lowest BCUT2D eigenvalue weighted by molar-refractivity contribution is -0.274. The summed E-state index contributed by atoms with van der Waals surface area (Å²) in [6, 6.07) is 0. The number of hydrogen-bond donors (Lipinski definition) is 2. The summed E-state index contributed by atoms with van der Waals surface area (Å²) in [6.45, 7) is 4.73. The SMILES string of the molecule is C[C@]12C[C@@H](O)C3C4=C(CC[C@]3(O)[C@@H]1CCC21OCCO1)CC1(CC4)OCCO1. The van der Waals surface area contributed by atoms with Gasteiger partial charge in [0.1, 0.15) is 0 Å². The highest BCUT2D eigenvalue weighted by molar-refractivity contribution is 5.34. The van der Waals surface area contributed by atoms with Crippen molar-refractivity contribution in [1.82, 2.24) is 0 Å². The molecule has 156 valence electrons. The van der Waals surface area contributed by atoms with Crippen LogP contribution < -0.4 is 0 Å². The molecular formula is C22H32O6. The molecule has 2 aliphatic heterocycles. The van der Waals surface area contributed by atoms with Gasteiger partial charge < -0.3 is 29.2 Å². The van der Waals surface area contributed by atoms with Gasteiger partial charge in [-0.2, -0.15) is 0 Å². The van der Waals surface area contributed by atoms with Crippen LogP contribution in [0.1, 0.15) is 58.3 Å². The fraction of sp³-hybridized carbons (Fsp3) is 0.909. The molecule has 6 nitrogen and oxygen atoms in total. The summed E-state index contributed by atoms with van der Waals surface area (Å²) >= 11 is 0. The summed E-state index contributed by atoms with van der Waals surface area (Å²) in [7, 11) is 0. The minimum absolute atomic E-state index is 0.0930. The van der Waals surface area contributed by atoms with E-state index in [1.165, 1.54) is 11.1 Å². The van der Waals surface area contributed by atoms with Crippen molar-refractivity contribution in [3.63, 3.8) is 0 Å². The van der Waals surface area contributed by atoms with Crippen molar-refractivity contribution in [3.05, 3.63) is 11.1 Å². The van der Waals surface area contributed by atoms with Crippen LogP contribution in [0.3, 0.4) is 0 Å². The van der Waals surface area contributed by atoms with E-state index in [2.05, 4.69) is 6.92 Å². The first-order valence-electron chi connectivity index (χ1n) is 11.1. The van der Waals surface area contributed by atoms with E-state index in [4.69, 9.17) is 18.9 Å². The molecule has 0 aromatic carbocycles. The molecule has 0 bridgehead atoms. The molecule has 6 aliphatic rings. The van der Waals surface area contributed by atoms with Crippen molar-refractivity contribution in [2.75, 3.05) is 26.4 Å². The Morgan fingerprint density at radius 1 is 0.929 bits per heavy atom. The zero-order chi connectivity index (χ0) is 19.2. The van der Waals surface area contributed by atoms with Crippen LogP contribution in [0.25, 0.3) is 0 Å². The van der Waals surface area contributed by atoms with E-state index in [1.807, 2.05) is 0 Å². The lowest BCUT2D eigenvalue weighted by Gasteiger charge is -2.60. The Hall–Kier alpha value is -0.500. The number of hydrogen-bond acceptors (Lipinski definition) is 6. The Balaban J connectivity index is 1.37. The van der Waals surface area contributed by atoms with Gasteiger partial charge in [-0.05, 0) is 38.0 Å². The van der Waals surface area contributed by atoms with Gasteiger partial charge in [0.15, 0.2) is 11.6 Å². The monoisotopic (exact) mass is 392 g/mol. The van der Waals surface area contributed by atoms with Crippen LogP contribution in [0.5, 0.6) is 0 Å². The van der Waals surface area contributed by atoms with Crippen LogP contribution in [0.15, 0.2) is 11.1 Å². The third kappa shape index (κ3) is 2.14. The molecule has 0 aromatic heterocycles. The molecule has 0 radical (unpaired) electrons. The van der Waals surface area contributed by atoms with Gasteiger partial charge in [0, 0.05) is 30.6 Å². The van der Waals surface area contributed by atoms with E-state index >= 15 is 0 Å². The lowest BCUT2D eigenvalue weighted by atomic mass is 9.50. The normalized spacial score (nSPS) is 48.8. The molecule has 6 rings (SSSR count). The maximum atomic E-state index is 12.1. The lowest BCUT2D eigenvalue weighted by Crippen LogP contribution is -2.65. The van der Waals surface area contributed by atoms with Gasteiger partial charge >= 0.3 is 0 Å². The van der Waals surface area contributed by atoms with E-state index < -0.39 is 23.3 Å². The molecule has 4 aliphatic carbocycles. The van der Waals surface area contributed by atoms with E-state index in [-0.39, 0.29) is 17.3 Å². The largest absolute Gasteiger partial charge is 0.392 e. The number of aliphatic hydroxyl groups excluding tert-OH is 1. The van der Waals surface area contributed by atoms with Gasteiger partial charge in [-0.25, -0.2) is 0 Å². The third-order valence-corrected chi connectivity index (χ3v) is 9.04. The fourth-order valence-corrected chi connectivity index (χ4v) is 7.95. The highest BCUT2D eigenvalue weighted by atomic mass is 16.7. The zero-order valence-electron chi connectivity index (χ0n) is 16.7. The zero-order valence-corrected chi connectivity index (χ0v) is 16.7. The predicted molar refractivity (Wildman–Crippen MR) is 99.3 cm³/mol. The summed E-state index contributed by atoms with van der Waals surface area (Å²) in [6.07, 6.45) is 5.79. The van der Waals surface area contributed by atoms with Crippen molar-refractivity contribution in [3.8, 4) is 0 Å². The van der Waals surface area contributed by atoms with Gasteiger partial charge in [-0.1, -0.05) is 18.1 Å². The minimum atomic E-state index is -0.883. The van der Waals surface area contributed by atoms with Crippen molar-refractivity contribution in [2.24, 2.45) is 17.3 Å². The summed E-state index contributed by atoms with van der Waals surface area (Å²) in [5.41, 5.74) is 1.40. The number of ether oxygens (including phenoxy) is 4. The topological polar surface area (TPSA) is 77.4 Å². The highest BCUT2D eigenvalue weighted by Crippen LogP contribution is 2.67. The Labute approximate surface area is 166 Å². The molecule has 2 saturated heterocycles. The van der Waals surface area contributed by atoms with Gasteiger partial charge in [0.2, 0.25) is 0 Å². The number of fused-ring (bicyclic) bond motifs is 5. The van der Waals surface area contributed by atoms with Crippen LogP contribution in [-0.4, -0.2) is 59.9 Å². The van der Waals surface area contributed by atoms with E-state index in [9.17, 15) is 10.2 Å². The predicted octanol–water partition coefficient (Wildman–Crippen LogP) is 2.28. The van der Waals surface area contributed by atoms with E-state index in [0.29, 0.717) is 39.3 Å². The summed E-state index contributed by atoms with van der Waals surface area (Å²) < 4.78 is 24.2. The Bertz CT molecular complexity index is 706. The molecule has 5 atom stereocenters. The Morgan fingerprint density at radius 3 is 2.39 bits per heavy atom. The van der Waals surface area contributed by atoms with Crippen LogP contribution in [0.2, 0.25) is 0 Å². The number of aliphatic hydroxyl groups is 2. The van der Waals surface area contributed by atoms with Gasteiger partial charge in [0.25, 0.3) is 0 Å². The summed E-state index contributed by atoms with van der Waals surface area (Å²) in [5.74, 6) is -1.17. The molecule has 2 N–H and O–H groups in total. The molecular weight excluding hydrogens is 360 g/mol. The van der Waals surface area contributed by atoms with Crippen LogP contribution >= 0.6 is 0 Å². The minimum Gasteiger partial charge on any atom is -0.392 e. The molecule has 2 heterocycles. The second-order valence-corrected chi connectivity index (χ2v) is 10.1. The fourth-order valence-electron chi connectivity index (χ4n) is 7.95. The summed E-state index contributed by atoms with van der Waals surface area (Å²) in [4.78, 5) is 0. The van der Waals surface area contributed by atoms with E-state index in [1.54, 1.807) is 0 Å². The van der Waals surface area contributed by atoms with Crippen LogP contribution in [-0.2, 0) is 18.9 Å². The average Bonchev–Trinajstić information content (AvgIpc) is 3.38. The van der Waals surface area contributed by atoms with Crippen molar-refractivity contribution < 1.29 is 29.2 Å². The standard InChI is InChI=1S/C22H32O6/c1-19-13-16(23)18-15-3-5-20(25-8-9-26-20)12-14(15)2-6-21(18,24)17(19)4-7-22(19)27-10-11-28-22/h16-18,23-24H,2-13H2,1H3/t16-,17-,18?,19+,21+/m1/s1. The smallest absolute Gasteiger partial charge is 0.174 e. The third-order valence-electron chi connectivity index (χ3n) is 9.04. The molecule has 28 heavy (non-hydrogen) atoms. The van der Waals surface area contributed by atoms with Crippen molar-refractivity contribution in [1.29, 1.82) is 0 Å². The molecule has 1 unspecified atom stereocenters. The number of rotatable bonds is 0. The first kappa shape index (κ1) is 18.3. The van der Waals surface area contributed by atoms with Gasteiger partial charge in [-0.3, -0.25) is 0 Å². The molecule has 4 fully saturated rings. The second-order valence-electron chi connectivity index (χ2n) is 10.1. The molecule has 0 aromatic rings. The Morgan fingerprint density at radius 2 is 1.64 bits per heavy atom. The van der Waals surface area contributed by atoms with Gasteiger partial charge in [0.05, 0.1) is 38.1 Å². The molecule has 2 spiro atoms. The second kappa shape index (κ2) is 5.80. The van der Waals surface area contributed by atoms with Gasteiger partial charge in [-0.15, -0.1) is 0 Å². The van der Waals surface area contributed by atoms with E-state index in [0.717, 1.165) is 38.5 Å². The summed E-state index contributed by atoms with van der Waals surface area (Å²) in [5, 5.41) is 23.4. The Kier molecular flexibility index (Phi) is 3.79. The molecule has 2 saturated carbocycles. The molecule has 6 heteroatoms. The average molecular weight is 392 g/mol. The maximum Gasteiger partial charge on any atom is 0.174 e. The quantitative estimate of drug-likeness (QED) is 0.616. The van der Waals surface area contributed by atoms with Crippen LogP contribution in [0, 0.1) is 17.3 Å². The van der Waals surface area contributed by atoms with Crippen molar-refractivity contribution >= 4 is 0 Å².